The van der Waals surface area contributed by atoms with Crippen LogP contribution in [0.25, 0.3) is 0 Å². The van der Waals surface area contributed by atoms with Crippen LogP contribution in [0, 0.1) is 5.82 Å². The number of hydrogen-bond acceptors (Lipinski definition) is 5. The van der Waals surface area contributed by atoms with Crippen molar-refractivity contribution in [2.45, 2.75) is 6.61 Å². The summed E-state index contributed by atoms with van der Waals surface area (Å²) in [5, 5.41) is 5.72. The Hall–Kier alpha value is -2.21. The number of halogens is 1. The quantitative estimate of drug-likeness (QED) is 0.867. The second kappa shape index (κ2) is 6.10. The second-order valence-electron chi connectivity index (χ2n) is 3.86. The summed E-state index contributed by atoms with van der Waals surface area (Å²) >= 11 is 0. The van der Waals surface area contributed by atoms with E-state index in [0.717, 1.165) is 17.4 Å². The maximum atomic E-state index is 13.7. The van der Waals surface area contributed by atoms with Crippen LogP contribution in [0.5, 0.6) is 0 Å². The third-order valence-corrected chi connectivity index (χ3v) is 2.54. The average molecular weight is 262 g/mol. The van der Waals surface area contributed by atoms with Crippen molar-refractivity contribution in [3.63, 3.8) is 0 Å². The number of ether oxygens (including phenoxy) is 1. The van der Waals surface area contributed by atoms with E-state index in [2.05, 4.69) is 20.6 Å². The molecular weight excluding hydrogens is 247 g/mol. The molecule has 0 fully saturated rings. The van der Waals surface area contributed by atoms with E-state index in [1.807, 2.05) is 24.3 Å². The SMILES string of the molecule is CNc1ncc(F)c(Nc2ccccc2COC)n1. The Bertz CT molecular complexity index is 562. The second-order valence-corrected chi connectivity index (χ2v) is 3.86. The first-order chi connectivity index (χ1) is 9.24. The van der Waals surface area contributed by atoms with Crippen molar-refractivity contribution in [2.75, 3.05) is 24.8 Å². The minimum atomic E-state index is -0.508. The molecule has 0 unspecified atom stereocenters. The van der Waals surface area contributed by atoms with Gasteiger partial charge in [0.2, 0.25) is 5.95 Å². The summed E-state index contributed by atoms with van der Waals surface area (Å²) in [5.74, 6) is -0.0257. The highest BCUT2D eigenvalue weighted by Crippen LogP contribution is 2.22. The highest BCUT2D eigenvalue weighted by atomic mass is 19.1. The summed E-state index contributed by atoms with van der Waals surface area (Å²) in [5.41, 5.74) is 1.68. The Morgan fingerprint density at radius 2 is 2.11 bits per heavy atom. The molecule has 5 nitrogen and oxygen atoms in total. The summed E-state index contributed by atoms with van der Waals surface area (Å²) in [4.78, 5) is 7.83. The molecule has 0 saturated carbocycles. The number of methoxy groups -OCH3 is 1. The maximum absolute atomic E-state index is 13.7. The molecule has 0 atom stereocenters. The molecule has 0 spiro atoms. The number of rotatable bonds is 5. The fourth-order valence-electron chi connectivity index (χ4n) is 1.63. The molecule has 0 amide bonds. The Kier molecular flexibility index (Phi) is 4.25. The zero-order chi connectivity index (χ0) is 13.7. The van der Waals surface area contributed by atoms with Gasteiger partial charge < -0.3 is 15.4 Å². The largest absolute Gasteiger partial charge is 0.380 e. The van der Waals surface area contributed by atoms with Gasteiger partial charge in [-0.2, -0.15) is 4.98 Å². The van der Waals surface area contributed by atoms with Crippen LogP contribution in [-0.4, -0.2) is 24.1 Å². The molecule has 1 aromatic heterocycles. The lowest BCUT2D eigenvalue weighted by atomic mass is 10.2. The van der Waals surface area contributed by atoms with Crippen LogP contribution in [0.2, 0.25) is 0 Å². The van der Waals surface area contributed by atoms with E-state index in [4.69, 9.17) is 4.74 Å². The topological polar surface area (TPSA) is 59.1 Å². The number of nitrogens with one attached hydrogen (secondary N) is 2. The molecule has 0 aliphatic heterocycles. The number of benzene rings is 1. The lowest BCUT2D eigenvalue weighted by Gasteiger charge is -2.11. The molecule has 2 rings (SSSR count). The number of anilines is 3. The third-order valence-electron chi connectivity index (χ3n) is 2.54. The van der Waals surface area contributed by atoms with Gasteiger partial charge in [0.05, 0.1) is 12.8 Å². The van der Waals surface area contributed by atoms with Crippen molar-refractivity contribution in [1.82, 2.24) is 9.97 Å². The fourth-order valence-corrected chi connectivity index (χ4v) is 1.63. The highest BCUT2D eigenvalue weighted by Gasteiger charge is 2.08. The minimum Gasteiger partial charge on any atom is -0.380 e. The van der Waals surface area contributed by atoms with Crippen LogP contribution >= 0.6 is 0 Å². The molecule has 1 aromatic carbocycles. The number of para-hydroxylation sites is 1. The van der Waals surface area contributed by atoms with Gasteiger partial charge in [-0.3, -0.25) is 0 Å². The van der Waals surface area contributed by atoms with Crippen LogP contribution < -0.4 is 10.6 Å². The van der Waals surface area contributed by atoms with Crippen molar-refractivity contribution >= 4 is 17.5 Å². The Morgan fingerprint density at radius 3 is 2.84 bits per heavy atom. The van der Waals surface area contributed by atoms with E-state index in [1.165, 1.54) is 0 Å². The molecule has 2 aromatic rings. The average Bonchev–Trinajstić information content (AvgIpc) is 2.43. The van der Waals surface area contributed by atoms with E-state index < -0.39 is 5.82 Å². The normalized spacial score (nSPS) is 10.3. The van der Waals surface area contributed by atoms with Crippen LogP contribution in [0.1, 0.15) is 5.56 Å². The minimum absolute atomic E-state index is 0.128. The fraction of sp³-hybridized carbons (Fsp3) is 0.231. The van der Waals surface area contributed by atoms with Gasteiger partial charge in [-0.15, -0.1) is 0 Å². The molecule has 100 valence electrons. The smallest absolute Gasteiger partial charge is 0.224 e. The number of hydrogen-bond donors (Lipinski definition) is 2. The number of nitrogens with zero attached hydrogens (tertiary/aromatic N) is 2. The van der Waals surface area contributed by atoms with Crippen LogP contribution in [-0.2, 0) is 11.3 Å². The summed E-state index contributed by atoms with van der Waals surface area (Å²) in [6, 6.07) is 7.51. The molecule has 1 heterocycles. The summed E-state index contributed by atoms with van der Waals surface area (Å²) in [6.07, 6.45) is 1.13. The van der Waals surface area contributed by atoms with Gasteiger partial charge >= 0.3 is 0 Å². The number of aromatic nitrogens is 2. The predicted octanol–water partition coefficient (Wildman–Crippen LogP) is 2.55. The Balaban J connectivity index is 2.30. The summed E-state index contributed by atoms with van der Waals surface area (Å²) < 4.78 is 18.8. The van der Waals surface area contributed by atoms with Crippen LogP contribution in [0.4, 0.5) is 21.8 Å². The first-order valence-corrected chi connectivity index (χ1v) is 5.78. The summed E-state index contributed by atoms with van der Waals surface area (Å²) in [7, 11) is 3.29. The molecular formula is C13H15FN4O. The predicted molar refractivity (Wildman–Crippen MR) is 72.0 cm³/mol. The molecule has 19 heavy (non-hydrogen) atoms. The molecule has 2 N–H and O–H groups in total. The standard InChI is InChI=1S/C13H15FN4O/c1-15-13-16-7-10(14)12(18-13)17-11-6-4-3-5-9(11)8-19-2/h3-7H,8H2,1-2H3,(H2,15,16,17,18). The lowest BCUT2D eigenvalue weighted by molar-refractivity contribution is 0.185. The van der Waals surface area contributed by atoms with Gasteiger partial charge in [-0.1, -0.05) is 18.2 Å². The van der Waals surface area contributed by atoms with Crippen molar-refractivity contribution in [1.29, 1.82) is 0 Å². The van der Waals surface area contributed by atoms with Crippen molar-refractivity contribution in [2.24, 2.45) is 0 Å². The zero-order valence-corrected chi connectivity index (χ0v) is 10.8. The molecule has 0 saturated heterocycles. The van der Waals surface area contributed by atoms with Gasteiger partial charge in [0.15, 0.2) is 11.6 Å². The Morgan fingerprint density at radius 1 is 1.32 bits per heavy atom. The molecule has 6 heteroatoms. The zero-order valence-electron chi connectivity index (χ0n) is 10.8. The van der Waals surface area contributed by atoms with Gasteiger partial charge in [-0.05, 0) is 6.07 Å². The van der Waals surface area contributed by atoms with E-state index in [9.17, 15) is 4.39 Å². The van der Waals surface area contributed by atoms with Crippen molar-refractivity contribution in [3.8, 4) is 0 Å². The van der Waals surface area contributed by atoms with E-state index in [0.29, 0.717) is 12.6 Å². The van der Waals surface area contributed by atoms with E-state index in [-0.39, 0.29) is 5.82 Å². The van der Waals surface area contributed by atoms with Crippen molar-refractivity contribution in [3.05, 3.63) is 41.8 Å². The van der Waals surface area contributed by atoms with Gasteiger partial charge in [0.25, 0.3) is 0 Å². The monoisotopic (exact) mass is 262 g/mol. The van der Waals surface area contributed by atoms with Gasteiger partial charge in [0, 0.05) is 25.4 Å². The molecule has 0 aliphatic carbocycles. The van der Waals surface area contributed by atoms with E-state index in [1.54, 1.807) is 14.2 Å². The molecule has 0 aliphatic rings. The first kappa shape index (κ1) is 13.2. The van der Waals surface area contributed by atoms with Gasteiger partial charge in [-0.25, -0.2) is 9.37 Å². The van der Waals surface area contributed by atoms with Gasteiger partial charge in [0.1, 0.15) is 0 Å². The summed E-state index contributed by atoms with van der Waals surface area (Å²) in [6.45, 7) is 0.439. The molecule has 0 bridgehead atoms. The first-order valence-electron chi connectivity index (χ1n) is 5.78. The van der Waals surface area contributed by atoms with Crippen molar-refractivity contribution < 1.29 is 9.13 Å². The lowest BCUT2D eigenvalue weighted by Crippen LogP contribution is -2.04. The van der Waals surface area contributed by atoms with Crippen LogP contribution in [0.15, 0.2) is 30.5 Å². The highest BCUT2D eigenvalue weighted by molar-refractivity contribution is 5.61. The molecule has 0 radical (unpaired) electrons. The Labute approximate surface area is 110 Å². The maximum Gasteiger partial charge on any atom is 0.224 e. The third kappa shape index (κ3) is 3.17. The van der Waals surface area contributed by atoms with Crippen LogP contribution in [0.3, 0.4) is 0 Å². The van der Waals surface area contributed by atoms with E-state index >= 15 is 0 Å².